The molecule has 2 aliphatic heterocycles. The van der Waals surface area contributed by atoms with Gasteiger partial charge < -0.3 is 25.5 Å². The quantitative estimate of drug-likeness (QED) is 0.342. The Morgan fingerprint density at radius 2 is 2.05 bits per heavy atom. The molecule has 3 atom stereocenters. The van der Waals surface area contributed by atoms with E-state index in [1.54, 1.807) is 24.5 Å². The van der Waals surface area contributed by atoms with Crippen LogP contribution >= 0.6 is 0 Å². The molecule has 3 aromatic rings. The molecule has 0 spiro atoms. The Kier molecular flexibility index (Phi) is 5.71. The maximum atomic E-state index is 15.0. The van der Waals surface area contributed by atoms with Crippen molar-refractivity contribution < 1.29 is 23.8 Å². The molecule has 0 unspecified atom stereocenters. The summed E-state index contributed by atoms with van der Waals surface area (Å²) in [6.45, 7) is 7.11. The van der Waals surface area contributed by atoms with E-state index in [1.165, 1.54) is 6.07 Å². The number of aromatic nitrogens is 2. The predicted octanol–water partition coefficient (Wildman–Crippen LogP) is 2.61. The summed E-state index contributed by atoms with van der Waals surface area (Å²) in [5.41, 5.74) is 8.55. The van der Waals surface area contributed by atoms with Gasteiger partial charge in [0.1, 0.15) is 12.4 Å². The Bertz CT molecular complexity index is 1660. The number of carbonyl (C=O) groups excluding carboxylic acids is 2. The number of aliphatic hydroxyl groups is 1. The molecule has 4 heterocycles. The second kappa shape index (κ2) is 8.69. The zero-order valence-electron chi connectivity index (χ0n) is 22.4. The Balaban J connectivity index is 1.61. The molecule has 10 heteroatoms. The summed E-state index contributed by atoms with van der Waals surface area (Å²) in [5.74, 6) is -1.50. The number of nitrogens with two attached hydrogens (primary N) is 1. The molecule has 0 fully saturated rings. The fourth-order valence-corrected chi connectivity index (χ4v) is 6.27. The lowest BCUT2D eigenvalue weighted by atomic mass is 9.81. The fraction of sp³-hybridized carbons (Fsp3) is 0.448. The first-order chi connectivity index (χ1) is 18.5. The Morgan fingerprint density at radius 1 is 1.31 bits per heavy atom. The molecule has 0 saturated carbocycles. The second-order valence-corrected chi connectivity index (χ2v) is 11.2. The Labute approximate surface area is 224 Å². The van der Waals surface area contributed by atoms with Crippen LogP contribution in [0.3, 0.4) is 0 Å². The highest BCUT2D eigenvalue weighted by Crippen LogP contribution is 2.45. The molecule has 1 amide bonds. The van der Waals surface area contributed by atoms with Crippen LogP contribution in [0.2, 0.25) is 0 Å². The van der Waals surface area contributed by atoms with E-state index < -0.39 is 23.7 Å². The highest BCUT2D eigenvalue weighted by atomic mass is 19.1. The summed E-state index contributed by atoms with van der Waals surface area (Å²) >= 11 is 0. The number of pyridine rings is 2. The number of aryl methyl sites for hydroxylation is 1. The molecule has 4 N–H and O–H groups in total. The number of carbonyl (C=O) groups is 2. The third kappa shape index (κ3) is 3.50. The predicted molar refractivity (Wildman–Crippen MR) is 141 cm³/mol. The van der Waals surface area contributed by atoms with Gasteiger partial charge in [-0.3, -0.25) is 9.59 Å². The van der Waals surface area contributed by atoms with Crippen molar-refractivity contribution in [1.29, 1.82) is 0 Å². The van der Waals surface area contributed by atoms with Crippen molar-refractivity contribution in [3.8, 4) is 11.4 Å². The van der Waals surface area contributed by atoms with E-state index >= 15 is 4.39 Å². The number of nitrogens with zero attached hydrogens (tertiary/aromatic N) is 2. The number of halogens is 1. The molecule has 204 valence electrons. The minimum atomic E-state index is -1.95. The number of ether oxygens (including phenoxy) is 1. The van der Waals surface area contributed by atoms with Crippen LogP contribution in [0.1, 0.15) is 73.0 Å². The summed E-state index contributed by atoms with van der Waals surface area (Å²) in [5, 5.41) is 15.1. The summed E-state index contributed by atoms with van der Waals surface area (Å²) in [6, 6.07) is 1.92. The molecule has 6 rings (SSSR count). The van der Waals surface area contributed by atoms with Crippen molar-refractivity contribution >= 4 is 22.8 Å². The summed E-state index contributed by atoms with van der Waals surface area (Å²) in [4.78, 5) is 44.1. The van der Waals surface area contributed by atoms with Crippen molar-refractivity contribution in [2.45, 2.75) is 77.8 Å². The van der Waals surface area contributed by atoms with Gasteiger partial charge in [0.15, 0.2) is 5.60 Å². The number of hydrogen-bond acceptors (Lipinski definition) is 7. The lowest BCUT2D eigenvalue weighted by Gasteiger charge is -2.31. The van der Waals surface area contributed by atoms with E-state index in [4.69, 9.17) is 15.5 Å². The fourth-order valence-electron chi connectivity index (χ4n) is 6.27. The molecule has 39 heavy (non-hydrogen) atoms. The van der Waals surface area contributed by atoms with Crippen LogP contribution in [0, 0.1) is 18.7 Å². The molecule has 0 saturated heterocycles. The lowest BCUT2D eigenvalue weighted by Crippen LogP contribution is -2.45. The number of amides is 1. The van der Waals surface area contributed by atoms with E-state index in [9.17, 15) is 19.5 Å². The first-order valence-electron chi connectivity index (χ1n) is 13.4. The van der Waals surface area contributed by atoms with Gasteiger partial charge in [0.2, 0.25) is 5.91 Å². The van der Waals surface area contributed by atoms with Crippen LogP contribution in [-0.4, -0.2) is 32.6 Å². The Morgan fingerprint density at radius 3 is 2.74 bits per heavy atom. The van der Waals surface area contributed by atoms with Gasteiger partial charge in [-0.2, -0.15) is 0 Å². The number of fused-ring (bicyclic) bond motifs is 5. The zero-order chi connectivity index (χ0) is 28.0. The van der Waals surface area contributed by atoms with E-state index in [0.29, 0.717) is 35.3 Å². The van der Waals surface area contributed by atoms with Gasteiger partial charge >= 0.3 is 5.97 Å². The highest BCUT2D eigenvalue weighted by Gasteiger charge is 2.46. The summed E-state index contributed by atoms with van der Waals surface area (Å²) < 4.78 is 21.7. The standard InChI is InChI=1S/C29H31FN4O5/c1-5-29(38)17-8-21-25-15(10-34(21)27(36)16(17)11-39-28(29)37)23-19(33-26(35)24(31)12(2)3)7-6-14-13(4)18(30)9-20(32-25)22(14)23/h8-9,12,19,24,38H,5-7,10-11,31H2,1-4H3,(H,33,35)/t19-,24-,29-/m0/s1. The first kappa shape index (κ1) is 25.6. The number of hydrogen-bond donors (Lipinski definition) is 3. The second-order valence-electron chi connectivity index (χ2n) is 11.2. The molecular weight excluding hydrogens is 503 g/mol. The molecular formula is C29H31FN4O5. The maximum Gasteiger partial charge on any atom is 0.343 e. The van der Waals surface area contributed by atoms with Crippen LogP contribution in [0.15, 0.2) is 16.9 Å². The van der Waals surface area contributed by atoms with Crippen LogP contribution in [0.4, 0.5) is 4.39 Å². The molecule has 1 aromatic carbocycles. The highest BCUT2D eigenvalue weighted by molar-refractivity contribution is 5.94. The zero-order valence-corrected chi connectivity index (χ0v) is 22.4. The van der Waals surface area contributed by atoms with E-state index in [-0.39, 0.29) is 53.9 Å². The number of benzene rings is 1. The topological polar surface area (TPSA) is 137 Å². The van der Waals surface area contributed by atoms with E-state index in [0.717, 1.165) is 22.1 Å². The largest absolute Gasteiger partial charge is 0.458 e. The van der Waals surface area contributed by atoms with Crippen LogP contribution in [-0.2, 0) is 39.5 Å². The smallest absolute Gasteiger partial charge is 0.343 e. The minimum absolute atomic E-state index is 0.0308. The molecule has 2 aromatic heterocycles. The third-order valence-electron chi connectivity index (χ3n) is 8.72. The molecule has 3 aliphatic rings. The number of rotatable bonds is 4. The maximum absolute atomic E-state index is 15.0. The van der Waals surface area contributed by atoms with Crippen LogP contribution in [0.5, 0.6) is 0 Å². The van der Waals surface area contributed by atoms with Crippen molar-refractivity contribution in [2.75, 3.05) is 0 Å². The van der Waals surface area contributed by atoms with Gasteiger partial charge in [0.05, 0.1) is 41.1 Å². The average Bonchev–Trinajstić information content (AvgIpc) is 3.28. The molecule has 1 aliphatic carbocycles. The van der Waals surface area contributed by atoms with Gasteiger partial charge in [-0.15, -0.1) is 0 Å². The summed E-state index contributed by atoms with van der Waals surface area (Å²) in [7, 11) is 0. The minimum Gasteiger partial charge on any atom is -0.458 e. The van der Waals surface area contributed by atoms with Gasteiger partial charge in [-0.05, 0) is 54.9 Å². The number of nitrogens with one attached hydrogen (secondary N) is 1. The van der Waals surface area contributed by atoms with Crippen molar-refractivity contribution in [3.05, 3.63) is 61.7 Å². The average molecular weight is 535 g/mol. The van der Waals surface area contributed by atoms with Gasteiger partial charge in [0, 0.05) is 22.6 Å². The Hall–Kier alpha value is -3.63. The van der Waals surface area contributed by atoms with Crippen molar-refractivity contribution in [2.24, 2.45) is 11.7 Å². The van der Waals surface area contributed by atoms with E-state index in [2.05, 4.69) is 5.32 Å². The van der Waals surface area contributed by atoms with Gasteiger partial charge in [0.25, 0.3) is 5.56 Å². The number of cyclic esters (lactones) is 1. The number of esters is 1. The first-order valence-corrected chi connectivity index (χ1v) is 13.4. The monoisotopic (exact) mass is 534 g/mol. The summed E-state index contributed by atoms with van der Waals surface area (Å²) in [6.07, 6.45) is 1.13. The molecule has 9 nitrogen and oxygen atoms in total. The lowest BCUT2D eigenvalue weighted by molar-refractivity contribution is -0.172. The molecule has 0 radical (unpaired) electrons. The van der Waals surface area contributed by atoms with Gasteiger partial charge in [-0.25, -0.2) is 14.2 Å². The normalized spacial score (nSPS) is 21.8. The van der Waals surface area contributed by atoms with Gasteiger partial charge in [-0.1, -0.05) is 20.8 Å². The van der Waals surface area contributed by atoms with Crippen molar-refractivity contribution in [1.82, 2.24) is 14.9 Å². The van der Waals surface area contributed by atoms with E-state index in [1.807, 2.05) is 13.8 Å². The third-order valence-corrected chi connectivity index (χ3v) is 8.72. The van der Waals surface area contributed by atoms with Crippen LogP contribution < -0.4 is 16.6 Å². The van der Waals surface area contributed by atoms with Crippen molar-refractivity contribution in [3.63, 3.8) is 0 Å². The molecule has 0 bridgehead atoms. The SMILES string of the molecule is CC[C@@]1(O)C(=O)OCc2c1cc1n(c2=O)Cc2c-1nc1cc(F)c(C)c3c1c2[C@@H](NC(=O)[C@@H](N)C(C)C)CC3. The van der Waals surface area contributed by atoms with Crippen LogP contribution in [0.25, 0.3) is 22.3 Å².